The summed E-state index contributed by atoms with van der Waals surface area (Å²) in [5, 5.41) is 11.4. The summed E-state index contributed by atoms with van der Waals surface area (Å²) in [7, 11) is 0. The summed E-state index contributed by atoms with van der Waals surface area (Å²) in [5.41, 5.74) is 6.15. The molecule has 0 aliphatic heterocycles. The lowest BCUT2D eigenvalue weighted by molar-refractivity contribution is -0.138. The standard InChI is InChI=1S/C9H12N2O2S/c10-8(9(12)13)5-11-6-1-3-7(14)4-2-6/h1-4,8,11,14H,5,10H2,(H,12,13)/t8-/m0/s1. The van der Waals surface area contributed by atoms with E-state index in [0.29, 0.717) is 0 Å². The first kappa shape index (κ1) is 10.9. The van der Waals surface area contributed by atoms with Crippen LogP contribution in [0.1, 0.15) is 0 Å². The van der Waals surface area contributed by atoms with Gasteiger partial charge in [0.15, 0.2) is 0 Å². The van der Waals surface area contributed by atoms with Crippen LogP contribution in [0.15, 0.2) is 29.2 Å². The maximum absolute atomic E-state index is 10.4. The molecule has 0 amide bonds. The first-order valence-electron chi connectivity index (χ1n) is 4.11. The molecule has 0 aliphatic carbocycles. The first-order chi connectivity index (χ1) is 6.59. The van der Waals surface area contributed by atoms with Gasteiger partial charge in [-0.2, -0.15) is 0 Å². The van der Waals surface area contributed by atoms with Gasteiger partial charge in [-0.3, -0.25) is 4.79 Å². The second-order valence-corrected chi connectivity index (χ2v) is 3.39. The highest BCUT2D eigenvalue weighted by Gasteiger charge is 2.09. The topological polar surface area (TPSA) is 75.3 Å². The average molecular weight is 212 g/mol. The van der Waals surface area contributed by atoms with Crippen molar-refractivity contribution < 1.29 is 9.90 Å². The van der Waals surface area contributed by atoms with Crippen molar-refractivity contribution in [3.05, 3.63) is 24.3 Å². The highest BCUT2D eigenvalue weighted by molar-refractivity contribution is 7.80. The predicted molar refractivity (Wildman–Crippen MR) is 57.8 cm³/mol. The van der Waals surface area contributed by atoms with Crippen molar-refractivity contribution >= 4 is 24.3 Å². The van der Waals surface area contributed by atoms with Gasteiger partial charge in [0.1, 0.15) is 6.04 Å². The Hall–Kier alpha value is -1.20. The van der Waals surface area contributed by atoms with Gasteiger partial charge in [-0.15, -0.1) is 12.6 Å². The number of benzene rings is 1. The third-order valence-electron chi connectivity index (χ3n) is 1.71. The number of nitrogens with two attached hydrogens (primary N) is 1. The number of carboxylic acids is 1. The quantitative estimate of drug-likeness (QED) is 0.557. The summed E-state index contributed by atoms with van der Waals surface area (Å²) >= 11 is 4.13. The summed E-state index contributed by atoms with van der Waals surface area (Å²) in [6, 6.07) is 6.38. The zero-order valence-corrected chi connectivity index (χ0v) is 8.37. The molecule has 5 heteroatoms. The fraction of sp³-hybridized carbons (Fsp3) is 0.222. The smallest absolute Gasteiger partial charge is 0.322 e. The zero-order chi connectivity index (χ0) is 10.6. The lowest BCUT2D eigenvalue weighted by Crippen LogP contribution is -2.36. The zero-order valence-electron chi connectivity index (χ0n) is 7.47. The molecule has 0 heterocycles. The van der Waals surface area contributed by atoms with E-state index < -0.39 is 12.0 Å². The van der Waals surface area contributed by atoms with Crippen LogP contribution in [-0.4, -0.2) is 23.7 Å². The van der Waals surface area contributed by atoms with Crippen LogP contribution in [0.3, 0.4) is 0 Å². The monoisotopic (exact) mass is 212 g/mol. The highest BCUT2D eigenvalue weighted by Crippen LogP contribution is 2.11. The van der Waals surface area contributed by atoms with Crippen LogP contribution in [-0.2, 0) is 4.79 Å². The normalized spacial score (nSPS) is 12.1. The SMILES string of the molecule is N[C@@H](CNc1ccc(S)cc1)C(=O)O. The molecule has 0 spiro atoms. The molecular formula is C9H12N2O2S. The number of thiol groups is 1. The van der Waals surface area contributed by atoms with Crippen molar-refractivity contribution in [3.8, 4) is 0 Å². The van der Waals surface area contributed by atoms with E-state index in [2.05, 4.69) is 17.9 Å². The van der Waals surface area contributed by atoms with E-state index in [9.17, 15) is 4.79 Å². The summed E-state index contributed by atoms with van der Waals surface area (Å²) < 4.78 is 0. The molecule has 0 saturated heterocycles. The molecule has 1 rings (SSSR count). The molecule has 0 bridgehead atoms. The second-order valence-electron chi connectivity index (χ2n) is 2.87. The summed E-state index contributed by atoms with van der Waals surface area (Å²) in [4.78, 5) is 11.3. The largest absolute Gasteiger partial charge is 0.480 e. The van der Waals surface area contributed by atoms with Gasteiger partial charge in [0.2, 0.25) is 0 Å². The minimum absolute atomic E-state index is 0.210. The van der Waals surface area contributed by atoms with Crippen molar-refractivity contribution in [2.45, 2.75) is 10.9 Å². The van der Waals surface area contributed by atoms with E-state index in [0.717, 1.165) is 10.6 Å². The summed E-state index contributed by atoms with van der Waals surface area (Å²) in [6.07, 6.45) is 0. The molecule has 0 unspecified atom stereocenters. The number of carboxylic acid groups (broad SMARTS) is 1. The molecule has 0 saturated carbocycles. The predicted octanol–water partition coefficient (Wildman–Crippen LogP) is 0.799. The summed E-state index contributed by atoms with van der Waals surface area (Å²) in [5.74, 6) is -1.01. The maximum atomic E-state index is 10.4. The second kappa shape index (κ2) is 4.88. The number of carbonyl (C=O) groups is 1. The fourth-order valence-electron chi connectivity index (χ4n) is 0.894. The van der Waals surface area contributed by atoms with E-state index in [1.807, 2.05) is 24.3 Å². The van der Waals surface area contributed by atoms with Crippen LogP contribution in [0.25, 0.3) is 0 Å². The lowest BCUT2D eigenvalue weighted by atomic mass is 10.3. The Balaban J connectivity index is 2.46. The van der Waals surface area contributed by atoms with Gasteiger partial charge < -0.3 is 16.2 Å². The Bertz CT molecular complexity index is 313. The van der Waals surface area contributed by atoms with Gasteiger partial charge in [-0.1, -0.05) is 0 Å². The molecular weight excluding hydrogens is 200 g/mol. The Morgan fingerprint density at radius 3 is 2.57 bits per heavy atom. The molecule has 0 fully saturated rings. The molecule has 1 atom stereocenters. The van der Waals surface area contributed by atoms with Crippen LogP contribution in [0, 0.1) is 0 Å². The van der Waals surface area contributed by atoms with Crippen molar-refractivity contribution in [2.24, 2.45) is 5.73 Å². The number of nitrogens with one attached hydrogen (secondary N) is 1. The molecule has 76 valence electrons. The van der Waals surface area contributed by atoms with Crippen LogP contribution in [0.2, 0.25) is 0 Å². The molecule has 0 aliphatic rings. The van der Waals surface area contributed by atoms with E-state index in [-0.39, 0.29) is 6.54 Å². The molecule has 0 aromatic heterocycles. The van der Waals surface area contributed by atoms with Gasteiger partial charge in [-0.25, -0.2) is 0 Å². The van der Waals surface area contributed by atoms with Crippen molar-refractivity contribution in [2.75, 3.05) is 11.9 Å². The molecule has 4 N–H and O–H groups in total. The van der Waals surface area contributed by atoms with Gasteiger partial charge in [-0.05, 0) is 24.3 Å². The Morgan fingerprint density at radius 1 is 1.50 bits per heavy atom. The molecule has 4 nitrogen and oxygen atoms in total. The highest BCUT2D eigenvalue weighted by atomic mass is 32.1. The van der Waals surface area contributed by atoms with Gasteiger partial charge in [0.25, 0.3) is 0 Å². The Labute approximate surface area is 87.5 Å². The van der Waals surface area contributed by atoms with Crippen molar-refractivity contribution in [1.82, 2.24) is 0 Å². The molecule has 1 aromatic carbocycles. The summed E-state index contributed by atoms with van der Waals surface area (Å²) in [6.45, 7) is 0.210. The average Bonchev–Trinajstić information content (AvgIpc) is 2.16. The lowest BCUT2D eigenvalue weighted by Gasteiger charge is -2.09. The number of rotatable bonds is 4. The number of hydrogen-bond donors (Lipinski definition) is 4. The van der Waals surface area contributed by atoms with E-state index in [1.54, 1.807) is 0 Å². The van der Waals surface area contributed by atoms with Crippen LogP contribution in [0.4, 0.5) is 5.69 Å². The molecule has 0 radical (unpaired) electrons. The fourth-order valence-corrected chi connectivity index (χ4v) is 1.04. The van der Waals surface area contributed by atoms with Crippen LogP contribution >= 0.6 is 12.6 Å². The molecule has 1 aromatic rings. The van der Waals surface area contributed by atoms with Gasteiger partial charge in [0, 0.05) is 17.1 Å². The van der Waals surface area contributed by atoms with Crippen LogP contribution in [0.5, 0.6) is 0 Å². The van der Waals surface area contributed by atoms with Crippen molar-refractivity contribution in [1.29, 1.82) is 0 Å². The van der Waals surface area contributed by atoms with E-state index in [1.165, 1.54) is 0 Å². The van der Waals surface area contributed by atoms with Gasteiger partial charge in [0.05, 0.1) is 0 Å². The number of anilines is 1. The number of aliphatic carboxylic acids is 1. The van der Waals surface area contributed by atoms with Gasteiger partial charge >= 0.3 is 5.97 Å². The van der Waals surface area contributed by atoms with Crippen molar-refractivity contribution in [3.63, 3.8) is 0 Å². The number of hydrogen-bond acceptors (Lipinski definition) is 4. The third-order valence-corrected chi connectivity index (χ3v) is 2.01. The Kier molecular flexibility index (Phi) is 3.79. The minimum Gasteiger partial charge on any atom is -0.480 e. The van der Waals surface area contributed by atoms with E-state index >= 15 is 0 Å². The van der Waals surface area contributed by atoms with E-state index in [4.69, 9.17) is 10.8 Å². The first-order valence-corrected chi connectivity index (χ1v) is 4.55. The third kappa shape index (κ3) is 3.27. The van der Waals surface area contributed by atoms with Crippen LogP contribution < -0.4 is 11.1 Å². The Morgan fingerprint density at radius 2 is 2.07 bits per heavy atom. The molecule has 14 heavy (non-hydrogen) atoms. The maximum Gasteiger partial charge on any atom is 0.322 e. The minimum atomic E-state index is -1.01.